The highest BCUT2D eigenvalue weighted by Gasteiger charge is 2.10. The molecule has 0 fully saturated rings. The lowest BCUT2D eigenvalue weighted by atomic mass is 10.1. The predicted molar refractivity (Wildman–Crippen MR) is 105 cm³/mol. The molecule has 4 nitrogen and oxygen atoms in total. The fourth-order valence-electron chi connectivity index (χ4n) is 2.68. The van der Waals surface area contributed by atoms with Gasteiger partial charge in [0, 0.05) is 28.0 Å². The average Bonchev–Trinajstić information content (AvgIpc) is 3.35. The molecule has 2 heterocycles. The highest BCUT2D eigenvalue weighted by Crippen LogP contribution is 2.24. The van der Waals surface area contributed by atoms with Crippen LogP contribution in [0.1, 0.15) is 16.1 Å². The molecule has 128 valence electrons. The van der Waals surface area contributed by atoms with Crippen molar-refractivity contribution in [3.05, 3.63) is 81.9 Å². The van der Waals surface area contributed by atoms with Crippen molar-refractivity contribution in [3.63, 3.8) is 0 Å². The van der Waals surface area contributed by atoms with E-state index < -0.39 is 0 Å². The number of carbonyl (C=O) groups excluding carboxylic acids is 1. The van der Waals surface area contributed by atoms with Crippen LogP contribution in [0.25, 0.3) is 22.6 Å². The SMILES string of the molecule is O=C(Cc1ccc(-c2ncc(-c3cccc(Cl)c3)[nH]2)cc1)c1cscn1. The number of ketones is 1. The maximum absolute atomic E-state index is 12.1. The van der Waals surface area contributed by atoms with Crippen LogP contribution in [0, 0.1) is 0 Å². The number of Topliss-reactive ketones (excluding diaryl/α,β-unsaturated/α-hetero) is 1. The van der Waals surface area contributed by atoms with Crippen molar-refractivity contribution in [1.29, 1.82) is 0 Å². The molecule has 2 aromatic carbocycles. The monoisotopic (exact) mass is 379 g/mol. The van der Waals surface area contributed by atoms with Crippen LogP contribution in [0.15, 0.2) is 65.6 Å². The lowest BCUT2D eigenvalue weighted by Crippen LogP contribution is -2.03. The molecule has 26 heavy (non-hydrogen) atoms. The molecule has 0 spiro atoms. The number of aromatic amines is 1. The van der Waals surface area contributed by atoms with Gasteiger partial charge in [0.05, 0.1) is 17.4 Å². The molecule has 4 aromatic rings. The summed E-state index contributed by atoms with van der Waals surface area (Å²) in [5.74, 6) is 0.803. The fraction of sp³-hybridized carbons (Fsp3) is 0.0500. The molecule has 1 N–H and O–H groups in total. The fourth-order valence-corrected chi connectivity index (χ4v) is 3.42. The summed E-state index contributed by atoms with van der Waals surface area (Å²) in [6.45, 7) is 0. The van der Waals surface area contributed by atoms with Gasteiger partial charge in [-0.05, 0) is 17.7 Å². The van der Waals surface area contributed by atoms with E-state index in [1.165, 1.54) is 11.3 Å². The predicted octanol–water partition coefficient (Wildman–Crippen LogP) is 5.28. The summed E-state index contributed by atoms with van der Waals surface area (Å²) in [7, 11) is 0. The molecule has 0 atom stereocenters. The van der Waals surface area contributed by atoms with E-state index in [-0.39, 0.29) is 5.78 Å². The molecule has 0 unspecified atom stereocenters. The largest absolute Gasteiger partial charge is 0.338 e. The second-order valence-corrected chi connectivity index (χ2v) is 6.98. The minimum Gasteiger partial charge on any atom is -0.338 e. The standard InChI is InChI=1S/C20H14ClN3OS/c21-16-3-1-2-15(9-16)17-10-22-20(24-17)14-6-4-13(5-7-14)8-19(25)18-11-26-12-23-18/h1-7,9-12H,8H2,(H,22,24). The van der Waals surface area contributed by atoms with Crippen molar-refractivity contribution in [2.45, 2.75) is 6.42 Å². The van der Waals surface area contributed by atoms with Gasteiger partial charge in [-0.1, -0.05) is 48.0 Å². The van der Waals surface area contributed by atoms with Gasteiger partial charge in [0.2, 0.25) is 0 Å². The Bertz CT molecular complexity index is 1040. The molecule has 0 bridgehead atoms. The Morgan fingerprint density at radius 1 is 1.08 bits per heavy atom. The second kappa shape index (κ2) is 7.23. The number of rotatable bonds is 5. The van der Waals surface area contributed by atoms with E-state index in [1.54, 1.807) is 17.1 Å². The highest BCUT2D eigenvalue weighted by atomic mass is 35.5. The number of thiazole rings is 1. The zero-order valence-electron chi connectivity index (χ0n) is 13.6. The third-order valence-electron chi connectivity index (χ3n) is 4.02. The van der Waals surface area contributed by atoms with Crippen molar-refractivity contribution in [3.8, 4) is 22.6 Å². The first kappa shape index (κ1) is 16.7. The minimum atomic E-state index is 0.0280. The molecule has 0 saturated carbocycles. The topological polar surface area (TPSA) is 58.6 Å². The number of imidazole rings is 1. The van der Waals surface area contributed by atoms with E-state index in [0.29, 0.717) is 17.1 Å². The number of hydrogen-bond donors (Lipinski definition) is 1. The lowest BCUT2D eigenvalue weighted by molar-refractivity contribution is 0.0989. The van der Waals surface area contributed by atoms with Crippen LogP contribution < -0.4 is 0 Å². The summed E-state index contributed by atoms with van der Waals surface area (Å²) in [6.07, 6.45) is 2.14. The lowest BCUT2D eigenvalue weighted by Gasteiger charge is -2.02. The number of nitrogens with zero attached hydrogens (tertiary/aromatic N) is 2. The molecule has 6 heteroatoms. The maximum Gasteiger partial charge on any atom is 0.186 e. The molecule has 0 aliphatic carbocycles. The summed E-state index contributed by atoms with van der Waals surface area (Å²) in [5, 5.41) is 2.46. The molecular weight excluding hydrogens is 366 g/mol. The summed E-state index contributed by atoms with van der Waals surface area (Å²) in [5.41, 5.74) is 6.00. The van der Waals surface area contributed by atoms with Gasteiger partial charge in [-0.3, -0.25) is 4.79 Å². The van der Waals surface area contributed by atoms with Crippen molar-refractivity contribution in [2.24, 2.45) is 0 Å². The van der Waals surface area contributed by atoms with Gasteiger partial charge < -0.3 is 4.98 Å². The summed E-state index contributed by atoms with van der Waals surface area (Å²) in [6, 6.07) is 15.4. The molecule has 0 amide bonds. The number of halogens is 1. The Morgan fingerprint density at radius 3 is 2.65 bits per heavy atom. The molecule has 0 radical (unpaired) electrons. The minimum absolute atomic E-state index is 0.0280. The molecular formula is C20H14ClN3OS. The average molecular weight is 380 g/mol. The number of aromatic nitrogens is 3. The number of benzene rings is 2. The summed E-state index contributed by atoms with van der Waals surface area (Å²) >= 11 is 7.48. The maximum atomic E-state index is 12.1. The summed E-state index contributed by atoms with van der Waals surface area (Å²) < 4.78 is 0. The molecule has 4 rings (SSSR count). The number of nitrogens with one attached hydrogen (secondary N) is 1. The van der Waals surface area contributed by atoms with Crippen LogP contribution in [0.4, 0.5) is 0 Å². The molecule has 0 saturated heterocycles. The first-order valence-corrected chi connectivity index (χ1v) is 9.33. The van der Waals surface area contributed by atoms with Gasteiger partial charge in [-0.25, -0.2) is 9.97 Å². The Balaban J connectivity index is 1.51. The van der Waals surface area contributed by atoms with Gasteiger partial charge >= 0.3 is 0 Å². The van der Waals surface area contributed by atoms with Crippen molar-refractivity contribution in [1.82, 2.24) is 15.0 Å². The van der Waals surface area contributed by atoms with Gasteiger partial charge in [0.15, 0.2) is 5.78 Å². The van der Waals surface area contributed by atoms with Gasteiger partial charge in [-0.15, -0.1) is 11.3 Å². The third kappa shape index (κ3) is 3.59. The van der Waals surface area contributed by atoms with E-state index in [4.69, 9.17) is 11.6 Å². The Hall–Kier alpha value is -2.76. The third-order valence-corrected chi connectivity index (χ3v) is 4.84. The van der Waals surface area contributed by atoms with Crippen LogP contribution in [0.2, 0.25) is 5.02 Å². The molecule has 2 aromatic heterocycles. The van der Waals surface area contributed by atoms with Crippen molar-refractivity contribution in [2.75, 3.05) is 0 Å². The van der Waals surface area contributed by atoms with Crippen LogP contribution in [-0.2, 0) is 6.42 Å². The van der Waals surface area contributed by atoms with Crippen LogP contribution in [-0.4, -0.2) is 20.7 Å². The molecule has 0 aliphatic heterocycles. The van der Waals surface area contributed by atoms with Crippen molar-refractivity contribution < 1.29 is 4.79 Å². The van der Waals surface area contributed by atoms with E-state index in [9.17, 15) is 4.79 Å². The molecule has 0 aliphatic rings. The number of carbonyl (C=O) groups is 1. The number of H-pyrrole nitrogens is 1. The Labute approximate surface area is 159 Å². The Morgan fingerprint density at radius 2 is 1.92 bits per heavy atom. The normalized spacial score (nSPS) is 10.8. The van der Waals surface area contributed by atoms with Gasteiger partial charge in [-0.2, -0.15) is 0 Å². The van der Waals surface area contributed by atoms with E-state index >= 15 is 0 Å². The zero-order valence-corrected chi connectivity index (χ0v) is 15.2. The second-order valence-electron chi connectivity index (χ2n) is 5.83. The highest BCUT2D eigenvalue weighted by molar-refractivity contribution is 7.07. The first-order chi connectivity index (χ1) is 12.7. The summed E-state index contributed by atoms with van der Waals surface area (Å²) in [4.78, 5) is 24.0. The van der Waals surface area contributed by atoms with E-state index in [2.05, 4.69) is 15.0 Å². The van der Waals surface area contributed by atoms with Gasteiger partial charge in [0.1, 0.15) is 11.5 Å². The van der Waals surface area contributed by atoms with E-state index in [1.807, 2.05) is 48.5 Å². The van der Waals surface area contributed by atoms with E-state index in [0.717, 1.165) is 28.2 Å². The zero-order chi connectivity index (χ0) is 17.9. The van der Waals surface area contributed by atoms with Crippen LogP contribution >= 0.6 is 22.9 Å². The first-order valence-electron chi connectivity index (χ1n) is 8.01. The number of hydrogen-bond acceptors (Lipinski definition) is 4. The van der Waals surface area contributed by atoms with Gasteiger partial charge in [0.25, 0.3) is 0 Å². The van der Waals surface area contributed by atoms with Crippen molar-refractivity contribution >= 4 is 28.7 Å². The smallest absolute Gasteiger partial charge is 0.186 e. The van der Waals surface area contributed by atoms with Crippen LogP contribution in [0.3, 0.4) is 0 Å². The quantitative estimate of drug-likeness (QED) is 0.480. The van der Waals surface area contributed by atoms with Crippen LogP contribution in [0.5, 0.6) is 0 Å². The Kier molecular flexibility index (Phi) is 4.65.